The summed E-state index contributed by atoms with van der Waals surface area (Å²) in [5.41, 5.74) is 3.02. The number of anilines is 2. The van der Waals surface area contributed by atoms with Gasteiger partial charge in [-0.2, -0.15) is 4.68 Å². The summed E-state index contributed by atoms with van der Waals surface area (Å²) in [6.45, 7) is 4.20. The maximum absolute atomic E-state index is 13.2. The number of aromatic nitrogens is 4. The van der Waals surface area contributed by atoms with Gasteiger partial charge in [0.15, 0.2) is 0 Å². The molecule has 11 heteroatoms. The van der Waals surface area contributed by atoms with Crippen LogP contribution in [0.4, 0.5) is 11.6 Å². The van der Waals surface area contributed by atoms with Gasteiger partial charge in [-0.1, -0.05) is 23.3 Å². The zero-order valence-corrected chi connectivity index (χ0v) is 19.3. The van der Waals surface area contributed by atoms with Crippen molar-refractivity contribution in [2.45, 2.75) is 19.4 Å². The number of amides is 1. The summed E-state index contributed by atoms with van der Waals surface area (Å²) in [5.74, 6) is 0.603. The predicted molar refractivity (Wildman–Crippen MR) is 124 cm³/mol. The van der Waals surface area contributed by atoms with Crippen LogP contribution in [0.5, 0.6) is 0 Å². The van der Waals surface area contributed by atoms with Crippen molar-refractivity contribution in [3.05, 3.63) is 59.7 Å². The van der Waals surface area contributed by atoms with Crippen LogP contribution in [-0.4, -0.2) is 77.9 Å². The summed E-state index contributed by atoms with van der Waals surface area (Å²) in [4.78, 5) is 17.1. The fourth-order valence-corrected chi connectivity index (χ4v) is 5.91. The van der Waals surface area contributed by atoms with Gasteiger partial charge in [-0.15, -0.1) is 0 Å². The van der Waals surface area contributed by atoms with Gasteiger partial charge in [0.05, 0.1) is 17.6 Å². The van der Waals surface area contributed by atoms with Crippen molar-refractivity contribution < 1.29 is 13.2 Å². The number of sulfonamides is 1. The molecule has 10 nitrogen and oxygen atoms in total. The monoisotopic (exact) mass is 467 g/mol. The van der Waals surface area contributed by atoms with Crippen LogP contribution in [0.3, 0.4) is 0 Å². The van der Waals surface area contributed by atoms with Crippen LogP contribution in [0, 0.1) is 0 Å². The van der Waals surface area contributed by atoms with Gasteiger partial charge in [0.2, 0.25) is 16.0 Å². The highest BCUT2D eigenvalue weighted by atomic mass is 32.2. The van der Waals surface area contributed by atoms with E-state index in [1.165, 1.54) is 10.6 Å². The van der Waals surface area contributed by atoms with Crippen molar-refractivity contribution in [1.82, 2.24) is 25.1 Å². The number of benzene rings is 2. The standard InChI is InChI=1S/C22H25N7O3S/c1-16-14-18-15-17(8-9-20(18)29(16)33(2,31)32)21(30)26-10-12-27(13-11-26)22-23-24-25-28(22)19-6-4-3-5-7-19/h3-9,15-16H,10-14H2,1-2H3. The Morgan fingerprint density at radius 2 is 1.76 bits per heavy atom. The van der Waals surface area contributed by atoms with E-state index in [0.717, 1.165) is 11.3 Å². The lowest BCUT2D eigenvalue weighted by Crippen LogP contribution is -2.49. The first kappa shape index (κ1) is 21.4. The van der Waals surface area contributed by atoms with Gasteiger partial charge in [-0.05, 0) is 59.7 Å². The van der Waals surface area contributed by atoms with E-state index in [4.69, 9.17) is 0 Å². The van der Waals surface area contributed by atoms with Gasteiger partial charge in [-0.25, -0.2) is 8.42 Å². The number of tetrazole rings is 1. The van der Waals surface area contributed by atoms with E-state index >= 15 is 0 Å². The summed E-state index contributed by atoms with van der Waals surface area (Å²) in [6.07, 6.45) is 1.81. The molecular weight excluding hydrogens is 442 g/mol. The SMILES string of the molecule is CC1Cc2cc(C(=O)N3CCN(c4nnnn4-c4ccccc4)CC3)ccc2N1S(C)(=O)=O. The molecule has 0 aliphatic carbocycles. The molecule has 0 saturated carbocycles. The minimum absolute atomic E-state index is 0.0504. The molecule has 5 rings (SSSR count). The first-order chi connectivity index (χ1) is 15.8. The molecule has 1 fully saturated rings. The van der Waals surface area contributed by atoms with Crippen molar-refractivity contribution in [2.75, 3.05) is 41.6 Å². The number of carbonyl (C=O) groups excluding carboxylic acids is 1. The second-order valence-corrected chi connectivity index (χ2v) is 10.3. The van der Waals surface area contributed by atoms with Crippen molar-refractivity contribution in [1.29, 1.82) is 0 Å². The molecule has 0 N–H and O–H groups in total. The third-order valence-corrected chi connectivity index (χ3v) is 7.41. The van der Waals surface area contributed by atoms with E-state index in [1.54, 1.807) is 16.8 Å². The van der Waals surface area contributed by atoms with Crippen LogP contribution in [0.25, 0.3) is 5.69 Å². The maximum atomic E-state index is 13.2. The Balaban J connectivity index is 1.29. The molecule has 1 aromatic heterocycles. The lowest BCUT2D eigenvalue weighted by molar-refractivity contribution is 0.0746. The average molecular weight is 468 g/mol. The Morgan fingerprint density at radius 3 is 2.45 bits per heavy atom. The Labute approximate surface area is 192 Å². The van der Waals surface area contributed by atoms with Crippen molar-refractivity contribution in [2.24, 2.45) is 0 Å². The quantitative estimate of drug-likeness (QED) is 0.570. The van der Waals surface area contributed by atoms with Gasteiger partial charge < -0.3 is 9.80 Å². The average Bonchev–Trinajstić information content (AvgIpc) is 3.42. The van der Waals surface area contributed by atoms with Crippen LogP contribution in [0.15, 0.2) is 48.5 Å². The van der Waals surface area contributed by atoms with E-state index in [9.17, 15) is 13.2 Å². The summed E-state index contributed by atoms with van der Waals surface area (Å²) in [7, 11) is -3.36. The van der Waals surface area contributed by atoms with Crippen LogP contribution in [-0.2, 0) is 16.4 Å². The van der Waals surface area contributed by atoms with E-state index in [2.05, 4.69) is 20.4 Å². The highest BCUT2D eigenvalue weighted by Crippen LogP contribution is 2.35. The van der Waals surface area contributed by atoms with E-state index in [1.807, 2.05) is 48.2 Å². The summed E-state index contributed by atoms with van der Waals surface area (Å²) in [6, 6.07) is 14.8. The number of rotatable bonds is 4. The van der Waals surface area contributed by atoms with Gasteiger partial charge >= 0.3 is 0 Å². The van der Waals surface area contributed by atoms with E-state index in [0.29, 0.717) is 49.8 Å². The van der Waals surface area contributed by atoms with E-state index < -0.39 is 10.0 Å². The molecule has 3 heterocycles. The summed E-state index contributed by atoms with van der Waals surface area (Å²) in [5, 5.41) is 12.1. The molecule has 2 aliphatic heterocycles. The predicted octanol–water partition coefficient (Wildman–Crippen LogP) is 1.34. The number of piperazine rings is 1. The smallest absolute Gasteiger partial charge is 0.253 e. The molecule has 33 heavy (non-hydrogen) atoms. The Morgan fingerprint density at radius 1 is 1.03 bits per heavy atom. The third kappa shape index (κ3) is 3.92. The van der Waals surface area contributed by atoms with Crippen molar-refractivity contribution in [3.8, 4) is 5.69 Å². The van der Waals surface area contributed by atoms with E-state index in [-0.39, 0.29) is 11.9 Å². The molecule has 172 valence electrons. The first-order valence-corrected chi connectivity index (χ1v) is 12.7. The lowest BCUT2D eigenvalue weighted by Gasteiger charge is -2.35. The highest BCUT2D eigenvalue weighted by molar-refractivity contribution is 7.92. The van der Waals surface area contributed by atoms with Gasteiger partial charge in [-0.3, -0.25) is 9.10 Å². The Hall–Kier alpha value is -3.47. The van der Waals surface area contributed by atoms with Crippen molar-refractivity contribution >= 4 is 27.6 Å². The number of nitrogens with zero attached hydrogens (tertiary/aromatic N) is 7. The molecule has 0 spiro atoms. The topological polar surface area (TPSA) is 105 Å². The second kappa shape index (κ2) is 8.14. The molecule has 0 radical (unpaired) electrons. The zero-order valence-electron chi connectivity index (χ0n) is 18.5. The molecule has 2 aliphatic rings. The maximum Gasteiger partial charge on any atom is 0.253 e. The molecule has 3 aromatic rings. The van der Waals surface area contributed by atoms with Crippen LogP contribution in [0.2, 0.25) is 0 Å². The van der Waals surface area contributed by atoms with Gasteiger partial charge in [0.25, 0.3) is 5.91 Å². The number of fused-ring (bicyclic) bond motifs is 1. The third-order valence-electron chi connectivity index (χ3n) is 6.14. The van der Waals surface area contributed by atoms with Gasteiger partial charge in [0.1, 0.15) is 0 Å². The van der Waals surface area contributed by atoms with Crippen molar-refractivity contribution in [3.63, 3.8) is 0 Å². The van der Waals surface area contributed by atoms with Crippen LogP contribution < -0.4 is 9.21 Å². The minimum atomic E-state index is -3.36. The molecular formula is C22H25N7O3S. The molecule has 2 aromatic carbocycles. The number of carbonyl (C=O) groups is 1. The normalized spacial score (nSPS) is 18.5. The first-order valence-electron chi connectivity index (χ1n) is 10.8. The summed E-state index contributed by atoms with van der Waals surface area (Å²) >= 11 is 0. The summed E-state index contributed by atoms with van der Waals surface area (Å²) < 4.78 is 27.4. The minimum Gasteiger partial charge on any atom is -0.336 e. The number of para-hydroxylation sites is 1. The largest absolute Gasteiger partial charge is 0.336 e. The second-order valence-electron chi connectivity index (χ2n) is 8.46. The molecule has 1 unspecified atom stereocenters. The highest BCUT2D eigenvalue weighted by Gasteiger charge is 2.33. The molecule has 1 saturated heterocycles. The van der Waals surface area contributed by atoms with Gasteiger partial charge in [0, 0.05) is 37.8 Å². The fourth-order valence-electron chi connectivity index (χ4n) is 4.65. The number of hydrogen-bond donors (Lipinski definition) is 0. The zero-order chi connectivity index (χ0) is 23.2. The Kier molecular flexibility index (Phi) is 5.28. The van der Waals surface area contributed by atoms with Crippen LogP contribution in [0.1, 0.15) is 22.8 Å². The fraction of sp³-hybridized carbons (Fsp3) is 0.364. The number of hydrogen-bond acceptors (Lipinski definition) is 7. The van der Waals surface area contributed by atoms with Crippen LogP contribution >= 0.6 is 0 Å². The molecule has 1 amide bonds. The lowest BCUT2D eigenvalue weighted by atomic mass is 10.1. The molecule has 0 bridgehead atoms. The Bertz CT molecular complexity index is 1280. The molecule has 1 atom stereocenters.